The predicted octanol–water partition coefficient (Wildman–Crippen LogP) is 1.09. The van der Waals surface area contributed by atoms with Gasteiger partial charge in [0.25, 0.3) is 0 Å². The highest BCUT2D eigenvalue weighted by Crippen LogP contribution is 2.10. The van der Waals surface area contributed by atoms with Gasteiger partial charge in [0.1, 0.15) is 5.84 Å². The molecule has 0 spiro atoms. The Morgan fingerprint density at radius 3 is 2.73 bits per heavy atom. The van der Waals surface area contributed by atoms with E-state index in [1.807, 2.05) is 12.3 Å². The highest BCUT2D eigenvalue weighted by molar-refractivity contribution is 7.98. The Morgan fingerprint density at radius 1 is 1.64 bits per heavy atom. The average Bonchev–Trinajstić information content (AvgIpc) is 2.05. The van der Waals surface area contributed by atoms with Crippen LogP contribution in [0.2, 0.25) is 0 Å². The molecular weight excluding hydrogens is 158 g/mol. The van der Waals surface area contributed by atoms with Gasteiger partial charge in [-0.05, 0) is 18.4 Å². The number of hydrogen-bond acceptors (Lipinski definition) is 3. The fourth-order valence-corrected chi connectivity index (χ4v) is 1.02. The van der Waals surface area contributed by atoms with Crippen LogP contribution in [0.15, 0.2) is 23.4 Å². The third-order valence-corrected chi connectivity index (χ3v) is 1.92. The van der Waals surface area contributed by atoms with Gasteiger partial charge in [-0.2, -0.15) is 0 Å². The second kappa shape index (κ2) is 3.39. The molecule has 1 heterocycles. The minimum absolute atomic E-state index is 0.0603. The van der Waals surface area contributed by atoms with Gasteiger partial charge in [0, 0.05) is 11.8 Å². The van der Waals surface area contributed by atoms with Gasteiger partial charge in [0.05, 0.1) is 5.03 Å². The summed E-state index contributed by atoms with van der Waals surface area (Å²) in [6, 6.07) is 3.64. The molecule has 0 saturated carbocycles. The maximum absolute atomic E-state index is 7.09. The Balaban J connectivity index is 2.91. The lowest BCUT2D eigenvalue weighted by molar-refractivity contribution is 1.13. The zero-order valence-electron chi connectivity index (χ0n) is 6.16. The topological polar surface area (TPSA) is 62.8 Å². The lowest BCUT2D eigenvalue weighted by Crippen LogP contribution is -2.10. The van der Waals surface area contributed by atoms with Crippen LogP contribution in [0.5, 0.6) is 0 Å². The summed E-state index contributed by atoms with van der Waals surface area (Å²) in [5.74, 6) is 0.0603. The molecule has 0 fully saturated rings. The third-order valence-electron chi connectivity index (χ3n) is 1.26. The summed E-state index contributed by atoms with van der Waals surface area (Å²) in [5.41, 5.74) is 5.91. The Bertz CT molecular complexity index is 255. The van der Waals surface area contributed by atoms with Crippen molar-refractivity contribution in [3.8, 4) is 0 Å². The first-order valence-corrected chi connectivity index (χ1v) is 4.31. The number of hydrogen-bond donors (Lipinski definition) is 2. The van der Waals surface area contributed by atoms with Gasteiger partial charge in [0.2, 0.25) is 0 Å². The van der Waals surface area contributed by atoms with E-state index < -0.39 is 0 Å². The van der Waals surface area contributed by atoms with E-state index in [9.17, 15) is 0 Å². The monoisotopic (exact) mass is 167 g/mol. The van der Waals surface area contributed by atoms with Crippen molar-refractivity contribution in [3.05, 3.63) is 23.9 Å². The van der Waals surface area contributed by atoms with Crippen LogP contribution < -0.4 is 5.73 Å². The van der Waals surface area contributed by atoms with Crippen LogP contribution >= 0.6 is 11.8 Å². The molecule has 58 valence electrons. The molecule has 1 aromatic rings. The number of nitrogens with zero attached hydrogens (tertiary/aromatic N) is 1. The van der Waals surface area contributed by atoms with Gasteiger partial charge < -0.3 is 5.73 Å². The van der Waals surface area contributed by atoms with Gasteiger partial charge >= 0.3 is 0 Å². The standard InChI is InChI=1S/C7H9N3S/c1-11-6-3-2-5(4-10-6)7(8)9/h2-4H,1H3,(H3,8,9). The SMILES string of the molecule is CSc1ccc(C(=N)N)cn1. The van der Waals surface area contributed by atoms with Crippen LogP contribution in [-0.4, -0.2) is 17.1 Å². The summed E-state index contributed by atoms with van der Waals surface area (Å²) in [5, 5.41) is 8.03. The fourth-order valence-electron chi connectivity index (χ4n) is 0.660. The fraction of sp³-hybridized carbons (Fsp3) is 0.143. The molecule has 0 saturated heterocycles. The van der Waals surface area contributed by atoms with Crippen LogP contribution in [0, 0.1) is 5.41 Å². The van der Waals surface area contributed by atoms with E-state index in [1.54, 1.807) is 24.0 Å². The molecule has 11 heavy (non-hydrogen) atoms. The molecule has 3 N–H and O–H groups in total. The zero-order chi connectivity index (χ0) is 8.27. The summed E-state index contributed by atoms with van der Waals surface area (Å²) in [6.07, 6.45) is 3.56. The number of nitrogen functional groups attached to an aromatic ring is 1. The van der Waals surface area contributed by atoms with Crippen LogP contribution in [-0.2, 0) is 0 Å². The number of rotatable bonds is 2. The van der Waals surface area contributed by atoms with Crippen molar-refractivity contribution in [1.82, 2.24) is 4.98 Å². The highest BCUT2D eigenvalue weighted by Gasteiger charge is 1.95. The smallest absolute Gasteiger partial charge is 0.124 e. The summed E-state index contributed by atoms with van der Waals surface area (Å²) in [4.78, 5) is 4.06. The minimum atomic E-state index is 0.0603. The Hall–Kier alpha value is -1.03. The van der Waals surface area contributed by atoms with Gasteiger partial charge in [-0.25, -0.2) is 4.98 Å². The number of amidine groups is 1. The van der Waals surface area contributed by atoms with Crippen molar-refractivity contribution in [2.45, 2.75) is 5.03 Å². The van der Waals surface area contributed by atoms with Crippen molar-refractivity contribution < 1.29 is 0 Å². The molecule has 0 aliphatic heterocycles. The van der Waals surface area contributed by atoms with Crippen LogP contribution in [0.1, 0.15) is 5.56 Å². The second-order valence-electron chi connectivity index (χ2n) is 2.00. The first-order valence-electron chi connectivity index (χ1n) is 3.08. The number of pyridine rings is 1. The Labute approximate surface area is 69.5 Å². The molecule has 0 radical (unpaired) electrons. The average molecular weight is 167 g/mol. The molecule has 0 bridgehead atoms. The first kappa shape index (κ1) is 8.07. The first-order chi connectivity index (χ1) is 5.24. The molecule has 0 aromatic carbocycles. The molecule has 0 unspecified atom stereocenters. The maximum Gasteiger partial charge on any atom is 0.124 e. The molecule has 4 heteroatoms. The number of aromatic nitrogens is 1. The van der Waals surface area contributed by atoms with Crippen molar-refractivity contribution in [2.75, 3.05) is 6.26 Å². The van der Waals surface area contributed by atoms with E-state index >= 15 is 0 Å². The quantitative estimate of drug-likeness (QED) is 0.393. The molecular formula is C7H9N3S. The molecule has 0 amide bonds. The molecule has 3 nitrogen and oxygen atoms in total. The maximum atomic E-state index is 7.09. The minimum Gasteiger partial charge on any atom is -0.384 e. The lowest BCUT2D eigenvalue weighted by atomic mass is 10.3. The van der Waals surface area contributed by atoms with Gasteiger partial charge in [-0.15, -0.1) is 11.8 Å². The van der Waals surface area contributed by atoms with Crippen molar-refractivity contribution in [3.63, 3.8) is 0 Å². The molecule has 1 rings (SSSR count). The lowest BCUT2D eigenvalue weighted by Gasteiger charge is -1.97. The largest absolute Gasteiger partial charge is 0.384 e. The van der Waals surface area contributed by atoms with Crippen LogP contribution in [0.25, 0.3) is 0 Å². The van der Waals surface area contributed by atoms with Crippen molar-refractivity contribution >= 4 is 17.6 Å². The summed E-state index contributed by atoms with van der Waals surface area (Å²) < 4.78 is 0. The van der Waals surface area contributed by atoms with Crippen molar-refractivity contribution in [2.24, 2.45) is 5.73 Å². The Kier molecular flexibility index (Phi) is 2.48. The van der Waals surface area contributed by atoms with Gasteiger partial charge in [-0.1, -0.05) is 0 Å². The van der Waals surface area contributed by atoms with Gasteiger partial charge in [0.15, 0.2) is 0 Å². The molecule has 1 aromatic heterocycles. The number of nitrogens with two attached hydrogens (primary N) is 1. The van der Waals surface area contributed by atoms with E-state index in [-0.39, 0.29) is 5.84 Å². The van der Waals surface area contributed by atoms with E-state index in [4.69, 9.17) is 11.1 Å². The van der Waals surface area contributed by atoms with E-state index in [0.29, 0.717) is 5.56 Å². The summed E-state index contributed by atoms with van der Waals surface area (Å²) >= 11 is 1.57. The van der Waals surface area contributed by atoms with Crippen molar-refractivity contribution in [1.29, 1.82) is 5.41 Å². The van der Waals surface area contributed by atoms with Crippen LogP contribution in [0.3, 0.4) is 0 Å². The number of nitrogens with one attached hydrogen (secondary N) is 1. The predicted molar refractivity (Wildman–Crippen MR) is 47.0 cm³/mol. The second-order valence-corrected chi connectivity index (χ2v) is 2.83. The zero-order valence-corrected chi connectivity index (χ0v) is 6.98. The van der Waals surface area contributed by atoms with E-state index in [1.165, 1.54) is 0 Å². The van der Waals surface area contributed by atoms with Gasteiger partial charge in [-0.3, -0.25) is 5.41 Å². The molecule has 0 aliphatic rings. The normalized spacial score (nSPS) is 9.55. The molecule has 0 aliphatic carbocycles. The Morgan fingerprint density at radius 2 is 2.36 bits per heavy atom. The highest BCUT2D eigenvalue weighted by atomic mass is 32.2. The molecule has 0 atom stereocenters. The summed E-state index contributed by atoms with van der Waals surface area (Å²) in [6.45, 7) is 0. The van der Waals surface area contributed by atoms with E-state index in [2.05, 4.69) is 4.98 Å². The van der Waals surface area contributed by atoms with E-state index in [0.717, 1.165) is 5.03 Å². The third kappa shape index (κ3) is 1.94. The summed E-state index contributed by atoms with van der Waals surface area (Å²) in [7, 11) is 0. The number of thioether (sulfide) groups is 1. The van der Waals surface area contributed by atoms with Crippen LogP contribution in [0.4, 0.5) is 0 Å².